The highest BCUT2D eigenvalue weighted by Crippen LogP contribution is 2.29. The van der Waals surface area contributed by atoms with Crippen LogP contribution in [0.5, 0.6) is 5.75 Å². The number of nitrogens with zero attached hydrogens (tertiary/aromatic N) is 3. The van der Waals surface area contributed by atoms with Crippen molar-refractivity contribution < 1.29 is 18.3 Å². The molecule has 156 valence electrons. The lowest BCUT2D eigenvalue weighted by Gasteiger charge is -2.22. The molecular weight excluding hydrogens is 470 g/mol. The van der Waals surface area contributed by atoms with Crippen LogP contribution in [0.1, 0.15) is 16.8 Å². The Labute approximate surface area is 180 Å². The smallest absolute Gasteiger partial charge is 0.420 e. The summed E-state index contributed by atoms with van der Waals surface area (Å²) in [5.41, 5.74) is -2.99. The van der Waals surface area contributed by atoms with E-state index in [4.69, 9.17) is 11.6 Å². The van der Waals surface area contributed by atoms with Gasteiger partial charge in [-0.2, -0.15) is 0 Å². The fraction of sp³-hybridized carbons (Fsp3) is 0.368. The Hall–Kier alpha value is -1.97. The van der Waals surface area contributed by atoms with Gasteiger partial charge in [0.2, 0.25) is 0 Å². The zero-order valence-electron chi connectivity index (χ0n) is 15.8. The molecule has 0 aliphatic carbocycles. The summed E-state index contributed by atoms with van der Waals surface area (Å²) in [6.45, 7) is 1.77. The van der Waals surface area contributed by atoms with Gasteiger partial charge in [0.15, 0.2) is 0 Å². The van der Waals surface area contributed by atoms with Gasteiger partial charge in [-0.1, -0.05) is 0 Å². The molecule has 6 nitrogen and oxygen atoms in total. The highest BCUT2D eigenvalue weighted by molar-refractivity contribution is 9.10. The summed E-state index contributed by atoms with van der Waals surface area (Å²) < 4.78 is 30.3. The molecule has 1 N–H and O–H groups in total. The first-order valence-corrected chi connectivity index (χ1v) is 10.0. The molecule has 1 fully saturated rings. The molecule has 1 aromatic carbocycles. The number of aromatic nitrogens is 1. The molecular formula is C19H20BrClF2N4O2. The quantitative estimate of drug-likeness (QED) is 0.610. The molecule has 2 aromatic rings. The van der Waals surface area contributed by atoms with E-state index in [-0.39, 0.29) is 11.7 Å². The van der Waals surface area contributed by atoms with Gasteiger partial charge in [-0.15, -0.1) is 8.78 Å². The number of alkyl halides is 3. The maximum absolute atomic E-state index is 12.6. The molecule has 1 unspecified atom stereocenters. The lowest BCUT2D eigenvalue weighted by atomic mass is 10.2. The summed E-state index contributed by atoms with van der Waals surface area (Å²) in [7, 11) is 4.12. The molecule has 2 heterocycles. The van der Waals surface area contributed by atoms with Crippen LogP contribution in [0.2, 0.25) is 0 Å². The molecule has 0 spiro atoms. The third kappa shape index (κ3) is 5.77. The van der Waals surface area contributed by atoms with Gasteiger partial charge in [-0.05, 0) is 66.8 Å². The number of ether oxygens (including phenoxy) is 1. The van der Waals surface area contributed by atoms with Crippen LogP contribution in [0.3, 0.4) is 0 Å². The largest absolute Gasteiger partial charge is 0.487 e. The number of rotatable bonds is 6. The van der Waals surface area contributed by atoms with Gasteiger partial charge in [0.05, 0.1) is 10.0 Å². The number of benzene rings is 1. The van der Waals surface area contributed by atoms with Crippen LogP contribution in [0.4, 0.5) is 20.3 Å². The van der Waals surface area contributed by atoms with Crippen LogP contribution in [0, 0.1) is 0 Å². The van der Waals surface area contributed by atoms with E-state index in [1.54, 1.807) is 6.07 Å². The van der Waals surface area contributed by atoms with Crippen LogP contribution in [-0.2, 0) is 0 Å². The Morgan fingerprint density at radius 1 is 1.38 bits per heavy atom. The lowest BCUT2D eigenvalue weighted by Crippen LogP contribution is -2.31. The van der Waals surface area contributed by atoms with E-state index in [0.29, 0.717) is 17.3 Å². The van der Waals surface area contributed by atoms with Crippen molar-refractivity contribution in [2.45, 2.75) is 18.0 Å². The Balaban J connectivity index is 1.65. The highest BCUT2D eigenvalue weighted by atomic mass is 79.9. The third-order valence-corrected chi connectivity index (χ3v) is 5.28. The molecule has 1 saturated heterocycles. The van der Waals surface area contributed by atoms with Gasteiger partial charge >= 0.3 is 5.57 Å². The molecule has 0 bridgehead atoms. The standard InChI is InChI=1S/C19H20BrClF2N4O2/c1-26(2)14-7-8-27(11-14)17-16(20)9-12(10-24-17)18(28)25-13-3-5-15(6-4-13)29-19(21,22)23/h3-6,9-10,14H,7-8,11H2,1-2H3,(H,25,28). The summed E-state index contributed by atoms with van der Waals surface area (Å²) in [5.74, 6) is 0.321. The number of amides is 1. The fourth-order valence-corrected chi connectivity index (χ4v) is 3.78. The Morgan fingerprint density at radius 2 is 2.07 bits per heavy atom. The molecule has 3 rings (SSSR count). The molecule has 29 heavy (non-hydrogen) atoms. The summed E-state index contributed by atoms with van der Waals surface area (Å²) in [6.07, 6.45) is 2.57. The Morgan fingerprint density at radius 3 is 2.62 bits per heavy atom. The highest BCUT2D eigenvalue weighted by Gasteiger charge is 2.28. The average Bonchev–Trinajstić information content (AvgIpc) is 3.12. The third-order valence-electron chi connectivity index (χ3n) is 4.62. The Kier molecular flexibility index (Phi) is 6.60. The first-order valence-electron chi connectivity index (χ1n) is 8.86. The van der Waals surface area contributed by atoms with E-state index in [0.717, 1.165) is 29.8 Å². The van der Waals surface area contributed by atoms with E-state index < -0.39 is 5.57 Å². The first kappa shape index (κ1) is 21.7. The van der Waals surface area contributed by atoms with Crippen molar-refractivity contribution in [3.63, 3.8) is 0 Å². The summed E-state index contributed by atoms with van der Waals surface area (Å²) in [6, 6.07) is 7.65. The van der Waals surface area contributed by atoms with Gasteiger partial charge in [0, 0.05) is 42.6 Å². The van der Waals surface area contributed by atoms with E-state index in [1.807, 2.05) is 0 Å². The number of halogens is 4. The molecule has 1 aliphatic rings. The number of nitrogens with one attached hydrogen (secondary N) is 1. The monoisotopic (exact) mass is 488 g/mol. The lowest BCUT2D eigenvalue weighted by molar-refractivity contribution is -0.0964. The van der Waals surface area contributed by atoms with Crippen LogP contribution in [0.25, 0.3) is 0 Å². The van der Waals surface area contributed by atoms with E-state index in [9.17, 15) is 13.6 Å². The van der Waals surface area contributed by atoms with Gasteiger partial charge < -0.3 is 19.9 Å². The maximum atomic E-state index is 12.6. The number of anilines is 2. The number of carbonyl (C=O) groups is 1. The predicted octanol–water partition coefficient (Wildman–Crippen LogP) is 4.40. The van der Waals surface area contributed by atoms with E-state index in [2.05, 4.69) is 54.9 Å². The molecule has 1 atom stereocenters. The summed E-state index contributed by atoms with van der Waals surface area (Å²) in [4.78, 5) is 21.3. The van der Waals surface area contributed by atoms with Crippen LogP contribution < -0.4 is 15.0 Å². The zero-order chi connectivity index (χ0) is 21.2. The predicted molar refractivity (Wildman–Crippen MR) is 112 cm³/mol. The van der Waals surface area contributed by atoms with Crippen LogP contribution >= 0.6 is 27.5 Å². The van der Waals surface area contributed by atoms with Gasteiger partial charge in [-0.3, -0.25) is 4.79 Å². The molecule has 0 radical (unpaired) electrons. The van der Waals surface area contributed by atoms with Crippen molar-refractivity contribution in [1.29, 1.82) is 0 Å². The fourth-order valence-electron chi connectivity index (χ4n) is 3.09. The van der Waals surface area contributed by atoms with Crippen LogP contribution in [-0.4, -0.2) is 54.6 Å². The Bertz CT molecular complexity index is 878. The van der Waals surface area contributed by atoms with Crippen molar-refractivity contribution in [1.82, 2.24) is 9.88 Å². The van der Waals surface area contributed by atoms with Gasteiger partial charge in [0.25, 0.3) is 5.91 Å². The number of hydrogen-bond acceptors (Lipinski definition) is 5. The minimum atomic E-state index is -3.79. The summed E-state index contributed by atoms with van der Waals surface area (Å²) in [5, 5.41) is 2.69. The maximum Gasteiger partial charge on any atom is 0.487 e. The van der Waals surface area contributed by atoms with Crippen molar-refractivity contribution >= 4 is 44.9 Å². The minimum absolute atomic E-state index is 0.113. The van der Waals surface area contributed by atoms with Gasteiger partial charge in [-0.25, -0.2) is 4.98 Å². The minimum Gasteiger partial charge on any atom is -0.420 e. The van der Waals surface area contributed by atoms with E-state index >= 15 is 0 Å². The molecule has 1 aromatic heterocycles. The average molecular weight is 490 g/mol. The van der Waals surface area contributed by atoms with Crippen molar-refractivity contribution in [2.75, 3.05) is 37.4 Å². The first-order chi connectivity index (χ1) is 13.6. The van der Waals surface area contributed by atoms with E-state index in [1.165, 1.54) is 30.5 Å². The topological polar surface area (TPSA) is 57.7 Å². The number of hydrogen-bond donors (Lipinski definition) is 1. The van der Waals surface area contributed by atoms with Crippen molar-refractivity contribution in [2.24, 2.45) is 0 Å². The SMILES string of the molecule is CN(C)C1CCN(c2ncc(C(=O)Nc3ccc(OC(F)(F)Cl)cc3)cc2Br)C1. The molecule has 0 saturated carbocycles. The molecule has 10 heteroatoms. The van der Waals surface area contributed by atoms with Gasteiger partial charge in [0.1, 0.15) is 11.6 Å². The van der Waals surface area contributed by atoms with Crippen molar-refractivity contribution in [3.05, 3.63) is 46.6 Å². The number of carbonyl (C=O) groups excluding carboxylic acids is 1. The normalized spacial score (nSPS) is 16.9. The number of likely N-dealkylation sites (N-methyl/N-ethyl adjacent to an activating group) is 1. The van der Waals surface area contributed by atoms with Crippen molar-refractivity contribution in [3.8, 4) is 5.75 Å². The second-order valence-corrected chi connectivity index (χ2v) is 8.20. The second kappa shape index (κ2) is 8.81. The van der Waals surface area contributed by atoms with Crippen LogP contribution in [0.15, 0.2) is 41.0 Å². The summed E-state index contributed by atoms with van der Waals surface area (Å²) >= 11 is 8.23. The molecule has 1 aliphatic heterocycles. The molecule has 1 amide bonds. The number of pyridine rings is 1. The second-order valence-electron chi connectivity index (χ2n) is 6.91. The zero-order valence-corrected chi connectivity index (χ0v) is 18.2.